The molecule has 0 heterocycles. The second-order valence-electron chi connectivity index (χ2n) is 3.53. The van der Waals surface area contributed by atoms with E-state index >= 15 is 0 Å². The molecule has 0 aromatic heterocycles. The fourth-order valence-electron chi connectivity index (χ4n) is 1.57. The number of carbonyl (C=O) groups excluding carboxylic acids is 1. The number of nitrogens with two attached hydrogens (primary N) is 1. The predicted octanol–water partition coefficient (Wildman–Crippen LogP) is 2.98. The number of primary amides is 1. The van der Waals surface area contributed by atoms with E-state index in [1.54, 1.807) is 24.3 Å². The molecule has 3 nitrogen and oxygen atoms in total. The van der Waals surface area contributed by atoms with E-state index in [9.17, 15) is 13.6 Å². The molecular weight excluding hydrogens is 238 g/mol. The number of halogens is 2. The minimum atomic E-state index is -0.860. The fourth-order valence-corrected chi connectivity index (χ4v) is 1.57. The van der Waals surface area contributed by atoms with Gasteiger partial charge in [0.25, 0.3) is 0 Å². The Morgan fingerprint density at radius 3 is 2.39 bits per heavy atom. The summed E-state index contributed by atoms with van der Waals surface area (Å²) in [6, 6.07) is 11.0. The first kappa shape index (κ1) is 12.0. The zero-order valence-electron chi connectivity index (χ0n) is 9.23. The van der Waals surface area contributed by atoms with Crippen molar-refractivity contribution in [3.63, 3.8) is 0 Å². The SMILES string of the molecule is NC(=O)N(c1cc[c]cc1)c1ccc(F)cc1F. The highest BCUT2D eigenvalue weighted by Crippen LogP contribution is 2.27. The second-order valence-corrected chi connectivity index (χ2v) is 3.53. The Bertz CT molecular complexity index is 572. The van der Waals surface area contributed by atoms with Crippen molar-refractivity contribution < 1.29 is 13.6 Å². The summed E-state index contributed by atoms with van der Waals surface area (Å²) in [5.74, 6) is -1.58. The average Bonchev–Trinajstić information content (AvgIpc) is 2.33. The van der Waals surface area contributed by atoms with Gasteiger partial charge in [0.15, 0.2) is 0 Å². The van der Waals surface area contributed by atoms with E-state index in [2.05, 4.69) is 6.07 Å². The quantitative estimate of drug-likeness (QED) is 0.871. The number of amides is 2. The van der Waals surface area contributed by atoms with Gasteiger partial charge in [-0.2, -0.15) is 0 Å². The van der Waals surface area contributed by atoms with Crippen LogP contribution in [0, 0.1) is 17.7 Å². The average molecular weight is 247 g/mol. The third-order valence-corrected chi connectivity index (χ3v) is 2.33. The molecule has 91 valence electrons. The molecule has 0 bridgehead atoms. The minimum absolute atomic E-state index is 0.102. The summed E-state index contributed by atoms with van der Waals surface area (Å²) in [7, 11) is 0. The molecule has 2 rings (SSSR count). The lowest BCUT2D eigenvalue weighted by Crippen LogP contribution is -2.32. The van der Waals surface area contributed by atoms with Crippen molar-refractivity contribution in [1.29, 1.82) is 0 Å². The van der Waals surface area contributed by atoms with Gasteiger partial charge in [-0.1, -0.05) is 12.1 Å². The first-order valence-corrected chi connectivity index (χ1v) is 5.10. The molecule has 0 fully saturated rings. The van der Waals surface area contributed by atoms with Crippen LogP contribution in [0.2, 0.25) is 0 Å². The van der Waals surface area contributed by atoms with Gasteiger partial charge in [0.05, 0.1) is 11.4 Å². The van der Waals surface area contributed by atoms with Crippen LogP contribution in [-0.4, -0.2) is 6.03 Å². The Morgan fingerprint density at radius 2 is 1.83 bits per heavy atom. The van der Waals surface area contributed by atoms with Gasteiger partial charge in [-0.25, -0.2) is 13.6 Å². The molecule has 0 aliphatic rings. The van der Waals surface area contributed by atoms with Crippen molar-refractivity contribution in [2.24, 2.45) is 5.73 Å². The third kappa shape index (κ3) is 2.29. The van der Waals surface area contributed by atoms with E-state index in [0.29, 0.717) is 11.8 Å². The van der Waals surface area contributed by atoms with Crippen molar-refractivity contribution in [1.82, 2.24) is 0 Å². The van der Waals surface area contributed by atoms with Gasteiger partial charge < -0.3 is 5.73 Å². The lowest BCUT2D eigenvalue weighted by molar-refractivity contribution is 0.256. The first-order valence-electron chi connectivity index (χ1n) is 5.10. The molecule has 0 atom stereocenters. The van der Waals surface area contributed by atoms with Crippen molar-refractivity contribution in [3.8, 4) is 0 Å². The molecule has 0 aliphatic heterocycles. The predicted molar refractivity (Wildman–Crippen MR) is 63.4 cm³/mol. The molecule has 0 spiro atoms. The third-order valence-electron chi connectivity index (χ3n) is 2.33. The molecular formula is C13H9F2N2O. The van der Waals surface area contributed by atoms with Gasteiger partial charge in [0.2, 0.25) is 0 Å². The summed E-state index contributed by atoms with van der Waals surface area (Å²) in [5.41, 5.74) is 5.50. The fraction of sp³-hybridized carbons (Fsp3) is 0. The molecule has 2 N–H and O–H groups in total. The summed E-state index contributed by atoms with van der Waals surface area (Å²) in [5, 5.41) is 0. The van der Waals surface area contributed by atoms with Gasteiger partial charge >= 0.3 is 6.03 Å². The van der Waals surface area contributed by atoms with Crippen LogP contribution < -0.4 is 10.6 Å². The molecule has 18 heavy (non-hydrogen) atoms. The maximum Gasteiger partial charge on any atom is 0.323 e. The van der Waals surface area contributed by atoms with Crippen LogP contribution in [0.25, 0.3) is 0 Å². The maximum atomic E-state index is 13.6. The topological polar surface area (TPSA) is 46.3 Å². The van der Waals surface area contributed by atoms with E-state index in [1.165, 1.54) is 0 Å². The molecule has 2 aromatic carbocycles. The summed E-state index contributed by atoms with van der Waals surface area (Å²) < 4.78 is 26.5. The molecule has 0 saturated carbocycles. The zero-order valence-corrected chi connectivity index (χ0v) is 9.23. The van der Waals surface area contributed by atoms with Gasteiger partial charge in [-0.05, 0) is 30.3 Å². The molecule has 0 unspecified atom stereocenters. The molecule has 2 amide bonds. The number of rotatable bonds is 2. The Morgan fingerprint density at radius 1 is 1.17 bits per heavy atom. The van der Waals surface area contributed by atoms with E-state index in [4.69, 9.17) is 5.73 Å². The highest BCUT2D eigenvalue weighted by atomic mass is 19.1. The number of hydrogen-bond acceptors (Lipinski definition) is 1. The van der Waals surface area contributed by atoms with Crippen LogP contribution in [-0.2, 0) is 0 Å². The van der Waals surface area contributed by atoms with Crippen molar-refractivity contribution in [2.45, 2.75) is 0 Å². The zero-order chi connectivity index (χ0) is 13.1. The van der Waals surface area contributed by atoms with E-state index < -0.39 is 17.7 Å². The molecule has 5 heteroatoms. The number of nitrogens with zero attached hydrogens (tertiary/aromatic N) is 1. The molecule has 0 aliphatic carbocycles. The van der Waals surface area contributed by atoms with Crippen LogP contribution in [0.4, 0.5) is 25.0 Å². The summed E-state index contributed by atoms with van der Waals surface area (Å²) >= 11 is 0. The number of anilines is 2. The lowest BCUT2D eigenvalue weighted by Gasteiger charge is -2.20. The number of hydrogen-bond donors (Lipinski definition) is 1. The van der Waals surface area contributed by atoms with Gasteiger partial charge in [-0.3, -0.25) is 4.90 Å². The Kier molecular flexibility index (Phi) is 3.23. The van der Waals surface area contributed by atoms with Crippen molar-refractivity contribution in [2.75, 3.05) is 4.90 Å². The van der Waals surface area contributed by atoms with Crippen LogP contribution in [0.3, 0.4) is 0 Å². The van der Waals surface area contributed by atoms with Crippen LogP contribution >= 0.6 is 0 Å². The standard InChI is InChI=1S/C13H9F2N2O/c14-9-6-7-12(11(15)8-9)17(13(16)18)10-4-2-1-3-5-10/h2-8H,(H2,16,18). The van der Waals surface area contributed by atoms with E-state index in [-0.39, 0.29) is 5.69 Å². The van der Waals surface area contributed by atoms with Gasteiger partial charge in [-0.15, -0.1) is 0 Å². The monoisotopic (exact) mass is 247 g/mol. The van der Waals surface area contributed by atoms with Crippen molar-refractivity contribution in [3.05, 3.63) is 60.2 Å². The van der Waals surface area contributed by atoms with Crippen LogP contribution in [0.5, 0.6) is 0 Å². The van der Waals surface area contributed by atoms with Crippen LogP contribution in [0.1, 0.15) is 0 Å². The normalized spacial score (nSPS) is 10.1. The van der Waals surface area contributed by atoms with Crippen molar-refractivity contribution >= 4 is 17.4 Å². The molecule has 0 saturated heterocycles. The number of benzene rings is 2. The van der Waals surface area contributed by atoms with E-state index in [0.717, 1.165) is 17.0 Å². The van der Waals surface area contributed by atoms with E-state index in [1.807, 2.05) is 0 Å². The Hall–Kier alpha value is -2.43. The van der Waals surface area contributed by atoms with Gasteiger partial charge in [0, 0.05) is 6.07 Å². The second kappa shape index (κ2) is 4.83. The summed E-state index contributed by atoms with van der Waals surface area (Å²) in [6.45, 7) is 0. The number of urea groups is 1. The summed E-state index contributed by atoms with van der Waals surface area (Å²) in [4.78, 5) is 12.4. The summed E-state index contributed by atoms with van der Waals surface area (Å²) in [6.07, 6.45) is 0. The largest absolute Gasteiger partial charge is 0.351 e. The Labute approximate surface area is 102 Å². The molecule has 1 radical (unpaired) electrons. The first-order chi connectivity index (χ1) is 8.59. The number of carbonyl (C=O) groups is 1. The smallest absolute Gasteiger partial charge is 0.323 e. The van der Waals surface area contributed by atoms with Crippen LogP contribution in [0.15, 0.2) is 42.5 Å². The highest BCUT2D eigenvalue weighted by Gasteiger charge is 2.18. The molecule has 2 aromatic rings. The lowest BCUT2D eigenvalue weighted by atomic mass is 10.2. The maximum absolute atomic E-state index is 13.6. The Balaban J connectivity index is 2.52. The minimum Gasteiger partial charge on any atom is -0.351 e. The van der Waals surface area contributed by atoms with Gasteiger partial charge in [0.1, 0.15) is 11.6 Å². The highest BCUT2D eigenvalue weighted by molar-refractivity contribution is 5.98.